The molecule has 0 aliphatic heterocycles. The third kappa shape index (κ3) is 5.55. The number of carbonyl (C=O) groups is 2. The molecule has 27 heavy (non-hydrogen) atoms. The standard InChI is InChI=1S/C19H23N3O4S/c1-4-20-18(23)14(3)21-19(24)15-7-11-17(12-8-15)27(25,26)22-16-9-5-13(2)6-10-16/h5-12,14,22H,4H2,1-3H3,(H,20,23)(H,21,24). The average molecular weight is 389 g/mol. The monoisotopic (exact) mass is 389 g/mol. The van der Waals surface area contributed by atoms with Crippen LogP contribution in [0.3, 0.4) is 0 Å². The van der Waals surface area contributed by atoms with Gasteiger partial charge in [-0.15, -0.1) is 0 Å². The smallest absolute Gasteiger partial charge is 0.261 e. The predicted octanol–water partition coefficient (Wildman–Crippen LogP) is 2.05. The molecule has 0 aliphatic carbocycles. The van der Waals surface area contributed by atoms with Gasteiger partial charge in [0.25, 0.3) is 15.9 Å². The lowest BCUT2D eigenvalue weighted by Crippen LogP contribution is -2.44. The van der Waals surface area contributed by atoms with Gasteiger partial charge < -0.3 is 10.6 Å². The Hall–Kier alpha value is -2.87. The number of anilines is 1. The molecule has 2 rings (SSSR count). The summed E-state index contributed by atoms with van der Waals surface area (Å²) in [6.07, 6.45) is 0. The maximum absolute atomic E-state index is 12.4. The summed E-state index contributed by atoms with van der Waals surface area (Å²) in [6.45, 7) is 5.75. The van der Waals surface area contributed by atoms with E-state index in [9.17, 15) is 18.0 Å². The molecule has 0 bridgehead atoms. The highest BCUT2D eigenvalue weighted by Gasteiger charge is 2.18. The van der Waals surface area contributed by atoms with Crippen molar-refractivity contribution in [3.63, 3.8) is 0 Å². The zero-order valence-corrected chi connectivity index (χ0v) is 16.3. The zero-order valence-electron chi connectivity index (χ0n) is 15.4. The van der Waals surface area contributed by atoms with E-state index in [2.05, 4.69) is 15.4 Å². The molecule has 2 aromatic carbocycles. The summed E-state index contributed by atoms with van der Waals surface area (Å²) in [4.78, 5) is 23.9. The highest BCUT2D eigenvalue weighted by molar-refractivity contribution is 7.92. The van der Waals surface area contributed by atoms with Crippen molar-refractivity contribution in [1.82, 2.24) is 10.6 Å². The Balaban J connectivity index is 2.08. The molecular formula is C19H23N3O4S. The van der Waals surface area contributed by atoms with Crippen LogP contribution >= 0.6 is 0 Å². The van der Waals surface area contributed by atoms with Crippen molar-refractivity contribution >= 4 is 27.5 Å². The van der Waals surface area contributed by atoms with Crippen molar-refractivity contribution < 1.29 is 18.0 Å². The number of benzene rings is 2. The van der Waals surface area contributed by atoms with Crippen molar-refractivity contribution in [2.75, 3.05) is 11.3 Å². The first-order valence-electron chi connectivity index (χ1n) is 8.51. The van der Waals surface area contributed by atoms with Crippen LogP contribution in [0, 0.1) is 6.92 Å². The number of carbonyl (C=O) groups excluding carboxylic acids is 2. The summed E-state index contributed by atoms with van der Waals surface area (Å²) < 4.78 is 27.4. The first-order valence-corrected chi connectivity index (χ1v) is 9.99. The summed E-state index contributed by atoms with van der Waals surface area (Å²) >= 11 is 0. The number of hydrogen-bond donors (Lipinski definition) is 3. The van der Waals surface area contributed by atoms with Crippen LogP contribution in [-0.2, 0) is 14.8 Å². The molecule has 1 unspecified atom stereocenters. The molecule has 2 amide bonds. The van der Waals surface area contributed by atoms with Gasteiger partial charge in [0.2, 0.25) is 5.91 Å². The Morgan fingerprint density at radius 1 is 1.00 bits per heavy atom. The molecule has 0 fully saturated rings. The molecule has 0 radical (unpaired) electrons. The van der Waals surface area contributed by atoms with Gasteiger partial charge in [0.05, 0.1) is 4.90 Å². The summed E-state index contributed by atoms with van der Waals surface area (Å²) in [5.74, 6) is -0.739. The van der Waals surface area contributed by atoms with E-state index in [0.717, 1.165) is 5.56 Å². The molecule has 144 valence electrons. The van der Waals surface area contributed by atoms with Gasteiger partial charge in [0.1, 0.15) is 6.04 Å². The van der Waals surface area contributed by atoms with E-state index in [1.54, 1.807) is 38.1 Å². The molecule has 3 N–H and O–H groups in total. The van der Waals surface area contributed by atoms with Gasteiger partial charge in [0.15, 0.2) is 0 Å². The molecule has 7 nitrogen and oxygen atoms in total. The van der Waals surface area contributed by atoms with Gasteiger partial charge in [-0.3, -0.25) is 14.3 Å². The third-order valence-electron chi connectivity index (χ3n) is 3.82. The minimum Gasteiger partial charge on any atom is -0.355 e. The Morgan fingerprint density at radius 2 is 1.59 bits per heavy atom. The molecule has 1 atom stereocenters. The molecule has 2 aromatic rings. The summed E-state index contributed by atoms with van der Waals surface area (Å²) in [5.41, 5.74) is 1.74. The van der Waals surface area contributed by atoms with Gasteiger partial charge in [-0.2, -0.15) is 0 Å². The quantitative estimate of drug-likeness (QED) is 0.674. The van der Waals surface area contributed by atoms with Crippen molar-refractivity contribution in [3.05, 3.63) is 59.7 Å². The fraction of sp³-hybridized carbons (Fsp3) is 0.263. The first-order chi connectivity index (χ1) is 12.7. The van der Waals surface area contributed by atoms with Crippen molar-refractivity contribution in [1.29, 1.82) is 0 Å². The maximum atomic E-state index is 12.4. The lowest BCUT2D eigenvalue weighted by molar-refractivity contribution is -0.122. The number of amides is 2. The molecule has 0 aromatic heterocycles. The average Bonchev–Trinajstić information content (AvgIpc) is 2.63. The minimum absolute atomic E-state index is 0.0383. The molecule has 0 aliphatic rings. The summed E-state index contributed by atoms with van der Waals surface area (Å²) in [5, 5.41) is 5.18. The zero-order chi connectivity index (χ0) is 20.0. The van der Waals surface area contributed by atoms with Crippen LogP contribution in [0.5, 0.6) is 0 Å². The fourth-order valence-corrected chi connectivity index (χ4v) is 3.35. The van der Waals surface area contributed by atoms with E-state index < -0.39 is 22.0 Å². The van der Waals surface area contributed by atoms with E-state index in [1.807, 2.05) is 6.92 Å². The molecule has 0 heterocycles. The van der Waals surface area contributed by atoms with E-state index in [1.165, 1.54) is 24.3 Å². The van der Waals surface area contributed by atoms with Crippen LogP contribution in [0.25, 0.3) is 0 Å². The van der Waals surface area contributed by atoms with Crippen LogP contribution in [0.15, 0.2) is 53.4 Å². The van der Waals surface area contributed by atoms with Crippen LogP contribution in [-0.4, -0.2) is 32.8 Å². The van der Waals surface area contributed by atoms with Gasteiger partial charge in [-0.25, -0.2) is 8.42 Å². The van der Waals surface area contributed by atoms with Crippen molar-refractivity contribution in [2.45, 2.75) is 31.7 Å². The number of hydrogen-bond acceptors (Lipinski definition) is 4. The SMILES string of the molecule is CCNC(=O)C(C)NC(=O)c1ccc(S(=O)(=O)Nc2ccc(C)cc2)cc1. The van der Waals surface area contributed by atoms with Gasteiger partial charge in [-0.05, 0) is 57.2 Å². The second kappa shape index (κ2) is 8.68. The van der Waals surface area contributed by atoms with E-state index >= 15 is 0 Å². The van der Waals surface area contributed by atoms with Crippen molar-refractivity contribution in [3.8, 4) is 0 Å². The predicted molar refractivity (Wildman–Crippen MR) is 104 cm³/mol. The molecule has 0 saturated heterocycles. The molecular weight excluding hydrogens is 366 g/mol. The normalized spacial score (nSPS) is 12.1. The Bertz CT molecular complexity index is 907. The largest absolute Gasteiger partial charge is 0.355 e. The van der Waals surface area contributed by atoms with Crippen LogP contribution in [0.4, 0.5) is 5.69 Å². The topological polar surface area (TPSA) is 104 Å². The summed E-state index contributed by atoms with van der Waals surface area (Å²) in [6, 6.07) is 11.8. The number of rotatable bonds is 7. The van der Waals surface area contributed by atoms with E-state index in [0.29, 0.717) is 12.2 Å². The van der Waals surface area contributed by atoms with Gasteiger partial charge in [-0.1, -0.05) is 17.7 Å². The Kier molecular flexibility index (Phi) is 6.57. The fourth-order valence-electron chi connectivity index (χ4n) is 2.29. The number of sulfonamides is 1. The van der Waals surface area contributed by atoms with Crippen LogP contribution in [0.1, 0.15) is 29.8 Å². The molecule has 0 saturated carbocycles. The van der Waals surface area contributed by atoms with Gasteiger partial charge >= 0.3 is 0 Å². The number of nitrogens with one attached hydrogen (secondary N) is 3. The highest BCUT2D eigenvalue weighted by atomic mass is 32.2. The lowest BCUT2D eigenvalue weighted by Gasteiger charge is -2.13. The number of aryl methyl sites for hydroxylation is 1. The van der Waals surface area contributed by atoms with E-state index in [4.69, 9.17) is 0 Å². The van der Waals surface area contributed by atoms with Crippen LogP contribution in [0.2, 0.25) is 0 Å². The molecule has 0 spiro atoms. The maximum Gasteiger partial charge on any atom is 0.261 e. The Labute approximate surface area is 159 Å². The molecule has 8 heteroatoms. The second-order valence-corrected chi connectivity index (χ2v) is 7.77. The lowest BCUT2D eigenvalue weighted by atomic mass is 10.2. The second-order valence-electron chi connectivity index (χ2n) is 6.09. The van der Waals surface area contributed by atoms with E-state index in [-0.39, 0.29) is 16.4 Å². The highest BCUT2D eigenvalue weighted by Crippen LogP contribution is 2.17. The Morgan fingerprint density at radius 3 is 2.15 bits per heavy atom. The minimum atomic E-state index is -3.76. The third-order valence-corrected chi connectivity index (χ3v) is 5.22. The first kappa shape index (κ1) is 20.4. The summed E-state index contributed by atoms with van der Waals surface area (Å²) in [7, 11) is -3.76. The number of likely N-dealkylation sites (N-methyl/N-ethyl adjacent to an activating group) is 1. The van der Waals surface area contributed by atoms with Crippen LogP contribution < -0.4 is 15.4 Å². The van der Waals surface area contributed by atoms with Gasteiger partial charge in [0, 0.05) is 17.8 Å². The van der Waals surface area contributed by atoms with Crippen molar-refractivity contribution in [2.24, 2.45) is 0 Å².